The summed E-state index contributed by atoms with van der Waals surface area (Å²) < 4.78 is 4.79. The molecule has 0 saturated heterocycles. The molecule has 0 bridgehead atoms. The molecule has 3 heteroatoms. The van der Waals surface area contributed by atoms with E-state index in [1.54, 1.807) is 31.2 Å². The maximum atomic E-state index is 11.1. The van der Waals surface area contributed by atoms with E-state index in [1.807, 2.05) is 0 Å². The van der Waals surface area contributed by atoms with Crippen molar-refractivity contribution >= 4 is 19.3 Å². The van der Waals surface area contributed by atoms with E-state index in [0.29, 0.717) is 17.6 Å². The van der Waals surface area contributed by atoms with Crippen molar-refractivity contribution in [1.29, 1.82) is 0 Å². The second-order valence-corrected chi connectivity index (χ2v) is 2.34. The van der Waals surface area contributed by atoms with Gasteiger partial charge in [-0.2, -0.15) is 0 Å². The maximum Gasteiger partial charge on any atom is 0.338 e. The van der Waals surface area contributed by atoms with Crippen LogP contribution in [-0.2, 0) is 4.74 Å². The fourth-order valence-electron chi connectivity index (χ4n) is 0.834. The molecule has 0 aliphatic heterocycles. The van der Waals surface area contributed by atoms with E-state index in [-0.39, 0.29) is 5.97 Å². The first kappa shape index (κ1) is 8.85. The number of hydrogen-bond acceptors (Lipinski definition) is 2. The Morgan fingerprint density at radius 2 is 2.00 bits per heavy atom. The van der Waals surface area contributed by atoms with Gasteiger partial charge in [0.2, 0.25) is 0 Å². The minimum Gasteiger partial charge on any atom is -0.462 e. The van der Waals surface area contributed by atoms with E-state index in [1.165, 1.54) is 0 Å². The first-order chi connectivity index (χ1) is 5.74. The molecule has 1 aromatic rings. The Morgan fingerprint density at radius 1 is 1.42 bits per heavy atom. The molecule has 0 aromatic heterocycles. The summed E-state index contributed by atoms with van der Waals surface area (Å²) in [4.78, 5) is 11.1. The fraction of sp³-hybridized carbons (Fsp3) is 0.222. The molecule has 2 radical (unpaired) electrons. The largest absolute Gasteiger partial charge is 0.462 e. The maximum absolute atomic E-state index is 11.1. The van der Waals surface area contributed by atoms with Crippen LogP contribution in [0.25, 0.3) is 0 Å². The molecule has 0 spiro atoms. The van der Waals surface area contributed by atoms with Crippen molar-refractivity contribution < 1.29 is 9.53 Å². The highest BCUT2D eigenvalue weighted by Crippen LogP contribution is 1.98. The second-order valence-electron chi connectivity index (χ2n) is 2.34. The lowest BCUT2D eigenvalue weighted by Gasteiger charge is -2.00. The zero-order valence-electron chi connectivity index (χ0n) is 6.91. The molecule has 0 heterocycles. The van der Waals surface area contributed by atoms with Crippen LogP contribution < -0.4 is 5.46 Å². The van der Waals surface area contributed by atoms with Gasteiger partial charge in [-0.05, 0) is 19.1 Å². The van der Waals surface area contributed by atoms with Crippen LogP contribution in [0.4, 0.5) is 0 Å². The Hall–Kier alpha value is -1.25. The molecule has 1 rings (SSSR count). The summed E-state index contributed by atoms with van der Waals surface area (Å²) in [6, 6.07) is 6.64. The first-order valence-electron chi connectivity index (χ1n) is 3.76. The lowest BCUT2D eigenvalue weighted by atomic mass is 9.95. The molecule has 0 amide bonds. The van der Waals surface area contributed by atoms with E-state index in [9.17, 15) is 4.79 Å². The Bertz CT molecular complexity index is 266. The predicted octanol–water partition coefficient (Wildman–Crippen LogP) is 0.657. The van der Waals surface area contributed by atoms with Gasteiger partial charge >= 0.3 is 5.97 Å². The zero-order valence-corrected chi connectivity index (χ0v) is 6.91. The predicted molar refractivity (Wildman–Crippen MR) is 47.8 cm³/mol. The summed E-state index contributed by atoms with van der Waals surface area (Å²) in [5.74, 6) is -0.308. The van der Waals surface area contributed by atoms with Crippen molar-refractivity contribution in [2.24, 2.45) is 0 Å². The molecule has 0 aliphatic rings. The lowest BCUT2D eigenvalue weighted by molar-refractivity contribution is 0.0526. The number of benzene rings is 1. The monoisotopic (exact) mass is 160 g/mol. The Morgan fingerprint density at radius 3 is 2.50 bits per heavy atom. The molecule has 0 unspecified atom stereocenters. The SMILES string of the molecule is [B]c1ccc(C(=O)OCC)cc1. The Balaban J connectivity index is 2.75. The summed E-state index contributed by atoms with van der Waals surface area (Å²) in [5.41, 5.74) is 1.18. The van der Waals surface area contributed by atoms with E-state index in [4.69, 9.17) is 12.6 Å². The quantitative estimate of drug-likeness (QED) is 0.469. The standard InChI is InChI=1S/C9H9BO2/c1-2-12-9(11)7-3-5-8(10)6-4-7/h3-6H,2H2,1H3. The van der Waals surface area contributed by atoms with Gasteiger partial charge in [0.15, 0.2) is 0 Å². The first-order valence-corrected chi connectivity index (χ1v) is 3.76. The molecule has 0 fully saturated rings. The molecule has 0 N–H and O–H groups in total. The topological polar surface area (TPSA) is 26.3 Å². The molecule has 60 valence electrons. The molecular weight excluding hydrogens is 151 g/mol. The van der Waals surface area contributed by atoms with Crippen molar-refractivity contribution in [3.8, 4) is 0 Å². The van der Waals surface area contributed by atoms with Gasteiger partial charge in [-0.25, -0.2) is 4.79 Å². The minimum absolute atomic E-state index is 0.308. The minimum atomic E-state index is -0.308. The van der Waals surface area contributed by atoms with Crippen molar-refractivity contribution in [2.45, 2.75) is 6.92 Å². The fourth-order valence-corrected chi connectivity index (χ4v) is 0.834. The normalized spacial score (nSPS) is 9.42. The number of ether oxygens (including phenoxy) is 1. The summed E-state index contributed by atoms with van der Waals surface area (Å²) in [6.07, 6.45) is 0. The van der Waals surface area contributed by atoms with Crippen LogP contribution in [-0.4, -0.2) is 20.4 Å². The highest BCUT2D eigenvalue weighted by molar-refractivity contribution is 6.32. The highest BCUT2D eigenvalue weighted by atomic mass is 16.5. The van der Waals surface area contributed by atoms with Gasteiger partial charge in [-0.1, -0.05) is 17.6 Å². The van der Waals surface area contributed by atoms with Crippen LogP contribution in [0.3, 0.4) is 0 Å². The van der Waals surface area contributed by atoms with Crippen LogP contribution in [0.5, 0.6) is 0 Å². The number of carbonyl (C=O) groups is 1. The third-order valence-corrected chi connectivity index (χ3v) is 1.42. The number of hydrogen-bond donors (Lipinski definition) is 0. The van der Waals surface area contributed by atoms with Crippen LogP contribution in [0, 0.1) is 0 Å². The Labute approximate surface area is 73.0 Å². The van der Waals surface area contributed by atoms with Gasteiger partial charge in [-0.3, -0.25) is 0 Å². The molecule has 0 saturated carbocycles. The molecule has 2 nitrogen and oxygen atoms in total. The summed E-state index contributed by atoms with van der Waals surface area (Å²) in [6.45, 7) is 2.17. The van der Waals surface area contributed by atoms with Crippen LogP contribution >= 0.6 is 0 Å². The van der Waals surface area contributed by atoms with Gasteiger partial charge in [0.1, 0.15) is 7.85 Å². The molecule has 1 aromatic carbocycles. The van der Waals surface area contributed by atoms with E-state index >= 15 is 0 Å². The van der Waals surface area contributed by atoms with Gasteiger partial charge < -0.3 is 4.74 Å². The summed E-state index contributed by atoms with van der Waals surface area (Å²) in [5, 5.41) is 0. The zero-order chi connectivity index (χ0) is 8.97. The average Bonchev–Trinajstić information content (AvgIpc) is 2.06. The third-order valence-electron chi connectivity index (χ3n) is 1.42. The van der Waals surface area contributed by atoms with Crippen LogP contribution in [0.2, 0.25) is 0 Å². The number of carbonyl (C=O) groups excluding carboxylic acids is 1. The van der Waals surface area contributed by atoms with Gasteiger partial charge in [0, 0.05) is 0 Å². The highest BCUT2D eigenvalue weighted by Gasteiger charge is 2.03. The number of esters is 1. The molecule has 0 atom stereocenters. The van der Waals surface area contributed by atoms with Gasteiger partial charge in [0.25, 0.3) is 0 Å². The van der Waals surface area contributed by atoms with Crippen LogP contribution in [0.1, 0.15) is 17.3 Å². The van der Waals surface area contributed by atoms with E-state index < -0.39 is 0 Å². The average molecular weight is 160 g/mol. The van der Waals surface area contributed by atoms with Crippen LogP contribution in [0.15, 0.2) is 24.3 Å². The molecule has 12 heavy (non-hydrogen) atoms. The van der Waals surface area contributed by atoms with Gasteiger partial charge in [-0.15, -0.1) is 0 Å². The van der Waals surface area contributed by atoms with Gasteiger partial charge in [0.05, 0.1) is 12.2 Å². The van der Waals surface area contributed by atoms with Crippen molar-refractivity contribution in [3.63, 3.8) is 0 Å². The third kappa shape index (κ3) is 2.12. The summed E-state index contributed by atoms with van der Waals surface area (Å²) in [7, 11) is 5.45. The van der Waals surface area contributed by atoms with Crippen molar-refractivity contribution in [1.82, 2.24) is 0 Å². The van der Waals surface area contributed by atoms with E-state index in [2.05, 4.69) is 0 Å². The smallest absolute Gasteiger partial charge is 0.338 e. The Kier molecular flexibility index (Phi) is 2.91. The second kappa shape index (κ2) is 3.95. The summed E-state index contributed by atoms with van der Waals surface area (Å²) >= 11 is 0. The lowest BCUT2D eigenvalue weighted by Crippen LogP contribution is -2.07. The molecular formula is C9H9BO2. The number of rotatable bonds is 2. The van der Waals surface area contributed by atoms with Crippen molar-refractivity contribution in [3.05, 3.63) is 29.8 Å². The van der Waals surface area contributed by atoms with E-state index in [0.717, 1.165) is 0 Å². The van der Waals surface area contributed by atoms with Crippen molar-refractivity contribution in [2.75, 3.05) is 6.61 Å². The molecule has 0 aliphatic carbocycles.